The highest BCUT2D eigenvalue weighted by Gasteiger charge is 2.20. The third kappa shape index (κ3) is 2.54. The van der Waals surface area contributed by atoms with Crippen LogP contribution in [0.5, 0.6) is 0 Å². The number of aromatic nitrogens is 2. The first-order chi connectivity index (χ1) is 9.78. The van der Waals surface area contributed by atoms with Crippen molar-refractivity contribution >= 4 is 6.01 Å². The third-order valence-electron chi connectivity index (χ3n) is 3.92. The van der Waals surface area contributed by atoms with E-state index in [1.807, 2.05) is 14.0 Å². The molecule has 0 saturated heterocycles. The SMILES string of the molecule is CNC(C)c1nnc(N2CCc3ccccc3CC2)o1. The first-order valence-electron chi connectivity index (χ1n) is 7.10. The second kappa shape index (κ2) is 5.63. The van der Waals surface area contributed by atoms with E-state index in [0.29, 0.717) is 11.9 Å². The summed E-state index contributed by atoms with van der Waals surface area (Å²) in [5.41, 5.74) is 2.86. The number of nitrogens with one attached hydrogen (secondary N) is 1. The van der Waals surface area contributed by atoms with Crippen LogP contribution in [0.15, 0.2) is 28.7 Å². The normalized spacial score (nSPS) is 16.6. The minimum absolute atomic E-state index is 0.0837. The van der Waals surface area contributed by atoms with Gasteiger partial charge in [-0.1, -0.05) is 29.4 Å². The summed E-state index contributed by atoms with van der Waals surface area (Å²) in [6.07, 6.45) is 2.05. The lowest BCUT2D eigenvalue weighted by atomic mass is 10.0. The zero-order valence-electron chi connectivity index (χ0n) is 12.0. The molecular formula is C15H20N4O. The largest absolute Gasteiger partial charge is 0.406 e. The van der Waals surface area contributed by atoms with Crippen molar-refractivity contribution in [1.82, 2.24) is 15.5 Å². The molecule has 3 rings (SSSR count). The number of fused-ring (bicyclic) bond motifs is 1. The van der Waals surface area contributed by atoms with Crippen LogP contribution in [0.1, 0.15) is 30.0 Å². The third-order valence-corrected chi connectivity index (χ3v) is 3.92. The molecule has 1 aromatic heterocycles. The van der Waals surface area contributed by atoms with E-state index in [9.17, 15) is 0 Å². The summed E-state index contributed by atoms with van der Waals surface area (Å²) in [4.78, 5) is 2.18. The molecule has 0 saturated carbocycles. The quantitative estimate of drug-likeness (QED) is 0.925. The maximum absolute atomic E-state index is 5.77. The molecule has 0 fully saturated rings. The molecule has 2 heterocycles. The van der Waals surface area contributed by atoms with Crippen LogP contribution < -0.4 is 10.2 Å². The van der Waals surface area contributed by atoms with Gasteiger partial charge in [0.2, 0.25) is 5.89 Å². The van der Waals surface area contributed by atoms with Crippen molar-refractivity contribution in [2.75, 3.05) is 25.0 Å². The molecule has 1 aliphatic heterocycles. The first kappa shape index (κ1) is 13.1. The van der Waals surface area contributed by atoms with Gasteiger partial charge in [0.15, 0.2) is 0 Å². The topological polar surface area (TPSA) is 54.2 Å². The number of anilines is 1. The van der Waals surface area contributed by atoms with E-state index < -0.39 is 0 Å². The van der Waals surface area contributed by atoms with Gasteiger partial charge in [-0.3, -0.25) is 0 Å². The van der Waals surface area contributed by atoms with Gasteiger partial charge in [-0.25, -0.2) is 0 Å². The number of hydrogen-bond donors (Lipinski definition) is 1. The van der Waals surface area contributed by atoms with E-state index in [4.69, 9.17) is 4.42 Å². The molecule has 106 valence electrons. The standard InChI is InChI=1S/C15H20N4O/c1-11(16-2)14-17-18-15(20-14)19-9-7-12-5-3-4-6-13(12)8-10-19/h3-6,11,16H,7-10H2,1-2H3. The lowest BCUT2D eigenvalue weighted by Gasteiger charge is -2.16. The van der Waals surface area contributed by atoms with Crippen LogP contribution in [0.4, 0.5) is 6.01 Å². The fourth-order valence-electron chi connectivity index (χ4n) is 2.51. The molecule has 1 atom stereocenters. The maximum atomic E-state index is 5.77. The minimum Gasteiger partial charge on any atom is -0.406 e. The summed E-state index contributed by atoms with van der Waals surface area (Å²) in [6.45, 7) is 3.86. The Hall–Kier alpha value is -1.88. The Balaban J connectivity index is 1.75. The average Bonchev–Trinajstić information content (AvgIpc) is 2.87. The van der Waals surface area contributed by atoms with Crippen LogP contribution in [-0.2, 0) is 12.8 Å². The van der Waals surface area contributed by atoms with Gasteiger partial charge in [0.05, 0.1) is 6.04 Å². The van der Waals surface area contributed by atoms with Gasteiger partial charge in [0.1, 0.15) is 0 Å². The smallest absolute Gasteiger partial charge is 0.318 e. The minimum atomic E-state index is 0.0837. The van der Waals surface area contributed by atoms with Crippen LogP contribution >= 0.6 is 0 Å². The van der Waals surface area contributed by atoms with E-state index >= 15 is 0 Å². The summed E-state index contributed by atoms with van der Waals surface area (Å²) < 4.78 is 5.77. The highest BCUT2D eigenvalue weighted by atomic mass is 16.4. The number of hydrogen-bond acceptors (Lipinski definition) is 5. The van der Waals surface area contributed by atoms with Gasteiger partial charge < -0.3 is 14.6 Å². The molecule has 0 radical (unpaired) electrons. The summed E-state index contributed by atoms with van der Waals surface area (Å²) >= 11 is 0. The Kier molecular flexibility index (Phi) is 3.69. The zero-order chi connectivity index (χ0) is 13.9. The van der Waals surface area contributed by atoms with E-state index in [1.165, 1.54) is 11.1 Å². The Bertz CT molecular complexity index is 554. The summed E-state index contributed by atoms with van der Waals surface area (Å²) in [7, 11) is 1.89. The van der Waals surface area contributed by atoms with Crippen LogP contribution in [0.25, 0.3) is 0 Å². The Morgan fingerprint density at radius 1 is 1.15 bits per heavy atom. The monoisotopic (exact) mass is 272 g/mol. The molecule has 1 aliphatic rings. The van der Waals surface area contributed by atoms with Crippen molar-refractivity contribution in [2.45, 2.75) is 25.8 Å². The van der Waals surface area contributed by atoms with Gasteiger partial charge >= 0.3 is 6.01 Å². The molecule has 1 unspecified atom stereocenters. The molecule has 1 aromatic carbocycles. The van der Waals surface area contributed by atoms with E-state index in [2.05, 4.69) is 44.7 Å². The second-order valence-corrected chi connectivity index (χ2v) is 5.19. The van der Waals surface area contributed by atoms with Crippen molar-refractivity contribution in [3.8, 4) is 0 Å². The molecule has 20 heavy (non-hydrogen) atoms. The summed E-state index contributed by atoms with van der Waals surface area (Å²) in [5.74, 6) is 0.643. The molecule has 0 spiro atoms. The fraction of sp³-hybridized carbons (Fsp3) is 0.467. The Morgan fingerprint density at radius 2 is 1.80 bits per heavy atom. The number of benzene rings is 1. The zero-order valence-corrected chi connectivity index (χ0v) is 12.0. The second-order valence-electron chi connectivity index (χ2n) is 5.19. The molecule has 5 heteroatoms. The van der Waals surface area contributed by atoms with Crippen LogP contribution in [0.3, 0.4) is 0 Å². The average molecular weight is 272 g/mol. The molecule has 2 aromatic rings. The van der Waals surface area contributed by atoms with E-state index in [1.54, 1.807) is 0 Å². The molecule has 1 N–H and O–H groups in total. The highest BCUT2D eigenvalue weighted by Crippen LogP contribution is 2.21. The molecular weight excluding hydrogens is 252 g/mol. The van der Waals surface area contributed by atoms with Gasteiger partial charge in [-0.15, -0.1) is 5.10 Å². The van der Waals surface area contributed by atoms with Gasteiger partial charge in [-0.05, 0) is 37.9 Å². The highest BCUT2D eigenvalue weighted by molar-refractivity contribution is 5.34. The summed E-state index contributed by atoms with van der Waals surface area (Å²) in [6, 6.07) is 9.35. The van der Waals surface area contributed by atoms with Crippen LogP contribution in [0.2, 0.25) is 0 Å². The van der Waals surface area contributed by atoms with Crippen LogP contribution in [0, 0.1) is 0 Å². The summed E-state index contributed by atoms with van der Waals surface area (Å²) in [5, 5.41) is 11.4. The van der Waals surface area contributed by atoms with Crippen molar-refractivity contribution < 1.29 is 4.42 Å². The molecule has 5 nitrogen and oxygen atoms in total. The van der Waals surface area contributed by atoms with Crippen LogP contribution in [-0.4, -0.2) is 30.3 Å². The maximum Gasteiger partial charge on any atom is 0.318 e. The fourth-order valence-corrected chi connectivity index (χ4v) is 2.51. The van der Waals surface area contributed by atoms with Gasteiger partial charge in [-0.2, -0.15) is 0 Å². The number of nitrogens with zero attached hydrogens (tertiary/aromatic N) is 3. The lowest BCUT2D eigenvalue weighted by Crippen LogP contribution is -2.26. The van der Waals surface area contributed by atoms with Crippen molar-refractivity contribution in [3.05, 3.63) is 41.3 Å². The van der Waals surface area contributed by atoms with E-state index in [0.717, 1.165) is 25.9 Å². The van der Waals surface area contributed by atoms with E-state index in [-0.39, 0.29) is 6.04 Å². The Labute approximate surface area is 119 Å². The first-order valence-corrected chi connectivity index (χ1v) is 7.10. The lowest BCUT2D eigenvalue weighted by molar-refractivity contribution is 0.430. The molecule has 0 bridgehead atoms. The van der Waals surface area contributed by atoms with Crippen molar-refractivity contribution in [1.29, 1.82) is 0 Å². The predicted molar refractivity (Wildman–Crippen MR) is 77.8 cm³/mol. The van der Waals surface area contributed by atoms with Crippen molar-refractivity contribution in [2.24, 2.45) is 0 Å². The predicted octanol–water partition coefficient (Wildman–Crippen LogP) is 1.96. The molecule has 0 amide bonds. The molecule has 0 aliphatic carbocycles. The Morgan fingerprint density at radius 3 is 2.40 bits per heavy atom. The van der Waals surface area contributed by atoms with Gasteiger partial charge in [0.25, 0.3) is 0 Å². The van der Waals surface area contributed by atoms with Crippen molar-refractivity contribution in [3.63, 3.8) is 0 Å². The number of rotatable bonds is 3. The van der Waals surface area contributed by atoms with Gasteiger partial charge in [0, 0.05) is 13.1 Å².